The zero-order valence-electron chi connectivity index (χ0n) is 14.5. The topological polar surface area (TPSA) is 143 Å². The molecule has 142 valence electrons. The van der Waals surface area contributed by atoms with Crippen molar-refractivity contribution >= 4 is 22.3 Å². The molecule has 2 N–H and O–H groups in total. The number of nitrogens with one attached hydrogen (secondary N) is 1. The van der Waals surface area contributed by atoms with Gasteiger partial charge in [-0.05, 0) is 32.2 Å². The Morgan fingerprint density at radius 2 is 2.08 bits per heavy atom. The molecule has 13 heteroatoms. The molecule has 0 aromatic heterocycles. The van der Waals surface area contributed by atoms with Crippen molar-refractivity contribution in [2.75, 3.05) is 19.6 Å². The molecule has 11 nitrogen and oxygen atoms in total. The van der Waals surface area contributed by atoms with Crippen LogP contribution in [0.25, 0.3) is 0 Å². The number of carbonyl (C=O) groups is 2. The molecule has 0 aliphatic carbocycles. The van der Waals surface area contributed by atoms with Crippen LogP contribution in [0.2, 0.25) is 0 Å². The summed E-state index contributed by atoms with van der Waals surface area (Å²) in [7, 11) is -5.08. The molecule has 3 aliphatic rings. The minimum atomic E-state index is -5.08. The summed E-state index contributed by atoms with van der Waals surface area (Å²) in [5.74, 6) is -0.619. The molecule has 3 heterocycles. The molecule has 3 rings (SSSR count). The van der Waals surface area contributed by atoms with Gasteiger partial charge in [-0.3, -0.25) is 10.0 Å². The summed E-state index contributed by atoms with van der Waals surface area (Å²) in [5, 5.41) is 14.5. The number of carbonyl (C=O) groups excluding carboxylic acids is 2. The number of rotatable bonds is 5. The number of hydrogen-bond acceptors (Lipinski definition) is 8. The van der Waals surface area contributed by atoms with Crippen LogP contribution >= 0.6 is 0 Å². The molecule has 0 aromatic rings. The molecule has 3 atom stereocenters. The van der Waals surface area contributed by atoms with Crippen molar-refractivity contribution in [1.82, 2.24) is 20.3 Å². The van der Waals surface area contributed by atoms with E-state index in [1.54, 1.807) is 0 Å². The van der Waals surface area contributed by atoms with E-state index < -0.39 is 34.4 Å². The van der Waals surface area contributed by atoms with E-state index >= 15 is 0 Å². The third-order valence-electron chi connectivity index (χ3n) is 4.84. The van der Waals surface area contributed by atoms with Crippen molar-refractivity contribution < 1.29 is 61.6 Å². The smallest absolute Gasteiger partial charge is 0.724 e. The summed E-state index contributed by atoms with van der Waals surface area (Å²) in [6.07, 6.45) is 3.47. The van der Waals surface area contributed by atoms with Crippen molar-refractivity contribution in [3.63, 3.8) is 0 Å². The first-order chi connectivity index (χ1) is 11.8. The second-order valence-corrected chi connectivity index (χ2v) is 7.52. The van der Waals surface area contributed by atoms with Crippen LogP contribution < -0.4 is 34.9 Å². The van der Waals surface area contributed by atoms with Crippen molar-refractivity contribution in [2.45, 2.75) is 50.2 Å². The zero-order valence-corrected chi connectivity index (χ0v) is 17.4. The van der Waals surface area contributed by atoms with Gasteiger partial charge in [0.1, 0.15) is 6.04 Å². The molecule has 0 radical (unpaired) electrons. The summed E-state index contributed by atoms with van der Waals surface area (Å²) in [6, 6.07) is -2.36. The Balaban J connectivity index is 0.00000243. The van der Waals surface area contributed by atoms with E-state index in [0.717, 1.165) is 30.7 Å². The summed E-state index contributed by atoms with van der Waals surface area (Å²) in [5.41, 5.74) is 0. The Labute approximate surface area is 173 Å². The Morgan fingerprint density at radius 1 is 1.35 bits per heavy atom. The van der Waals surface area contributed by atoms with Crippen LogP contribution in [-0.4, -0.2) is 82.9 Å². The summed E-state index contributed by atoms with van der Waals surface area (Å²) >= 11 is 0. The molecule has 0 unspecified atom stereocenters. The molecule has 2 bridgehead atoms. The number of fused-ring (bicyclic) bond motifs is 2. The summed E-state index contributed by atoms with van der Waals surface area (Å²) < 4.78 is 36.5. The predicted octanol–water partition coefficient (Wildman–Crippen LogP) is -3.99. The third kappa shape index (κ3) is 4.87. The second kappa shape index (κ2) is 8.69. The van der Waals surface area contributed by atoms with Crippen molar-refractivity contribution in [3.8, 4) is 0 Å². The summed E-state index contributed by atoms with van der Waals surface area (Å²) in [4.78, 5) is 25.9. The molecule has 26 heavy (non-hydrogen) atoms. The molecule has 0 aromatic carbocycles. The van der Waals surface area contributed by atoms with E-state index in [1.807, 2.05) is 0 Å². The van der Waals surface area contributed by atoms with Gasteiger partial charge < -0.3 is 14.8 Å². The number of urea groups is 1. The third-order valence-corrected chi connectivity index (χ3v) is 5.18. The predicted molar refractivity (Wildman–Crippen MR) is 80.7 cm³/mol. The Morgan fingerprint density at radius 3 is 2.69 bits per heavy atom. The first-order valence-corrected chi connectivity index (χ1v) is 9.58. The monoisotopic (exact) mass is 400 g/mol. The number of amides is 3. The number of hydroxylamine groups is 4. The zero-order chi connectivity index (χ0) is 18.2. The largest absolute Gasteiger partial charge is 1.00 e. The fourth-order valence-electron chi connectivity index (χ4n) is 3.64. The van der Waals surface area contributed by atoms with E-state index in [4.69, 9.17) is 0 Å². The molecule has 0 spiro atoms. The molecular formula is C13H21N4NaO7S. The number of nitrogens with zero attached hydrogens (tertiary/aromatic N) is 3. The SMILES string of the molecule is O=C([C@@H]1CC[C@@H]2CN1C(=O)N2OS(=O)(=O)[O-])N(O)C[C@@H]1CCCCN1.[Na+]. The molecule has 3 aliphatic heterocycles. The first kappa shape index (κ1) is 21.8. The van der Waals surface area contributed by atoms with Crippen molar-refractivity contribution in [2.24, 2.45) is 0 Å². The van der Waals surface area contributed by atoms with E-state index in [9.17, 15) is 27.8 Å². The van der Waals surface area contributed by atoms with Gasteiger partial charge in [0.05, 0.1) is 12.6 Å². The fourth-order valence-corrected chi connectivity index (χ4v) is 4.02. The maximum Gasteiger partial charge on any atom is 1.00 e. The van der Waals surface area contributed by atoms with E-state index in [1.165, 1.54) is 0 Å². The number of hydrogen-bond donors (Lipinski definition) is 2. The minimum Gasteiger partial charge on any atom is -0.724 e. The van der Waals surface area contributed by atoms with Gasteiger partial charge in [-0.1, -0.05) is 6.42 Å². The van der Waals surface area contributed by atoms with Crippen LogP contribution in [0.3, 0.4) is 0 Å². The van der Waals surface area contributed by atoms with E-state index in [2.05, 4.69) is 9.60 Å². The average molecular weight is 400 g/mol. The van der Waals surface area contributed by atoms with Gasteiger partial charge in [0, 0.05) is 12.6 Å². The minimum absolute atomic E-state index is 0. The van der Waals surface area contributed by atoms with E-state index in [0.29, 0.717) is 16.5 Å². The quantitative estimate of drug-likeness (QED) is 0.156. The van der Waals surface area contributed by atoms with Crippen LogP contribution in [0.4, 0.5) is 4.79 Å². The first-order valence-electron chi connectivity index (χ1n) is 8.25. The van der Waals surface area contributed by atoms with Gasteiger partial charge in [-0.25, -0.2) is 18.3 Å². The van der Waals surface area contributed by atoms with Crippen LogP contribution in [0.15, 0.2) is 0 Å². The van der Waals surface area contributed by atoms with Crippen LogP contribution in [0, 0.1) is 0 Å². The van der Waals surface area contributed by atoms with Crippen LogP contribution in [0.5, 0.6) is 0 Å². The van der Waals surface area contributed by atoms with Crippen molar-refractivity contribution in [1.29, 1.82) is 0 Å². The van der Waals surface area contributed by atoms with Crippen LogP contribution in [0.1, 0.15) is 32.1 Å². The van der Waals surface area contributed by atoms with Gasteiger partial charge in [0.2, 0.25) is 10.4 Å². The summed E-state index contributed by atoms with van der Waals surface area (Å²) in [6.45, 7) is 1.02. The molecule has 3 saturated heterocycles. The van der Waals surface area contributed by atoms with Gasteiger partial charge >= 0.3 is 35.6 Å². The van der Waals surface area contributed by atoms with Gasteiger partial charge in [-0.15, -0.1) is 0 Å². The van der Waals surface area contributed by atoms with Crippen molar-refractivity contribution in [3.05, 3.63) is 0 Å². The Hall–Kier alpha value is -0.470. The maximum absolute atomic E-state index is 12.5. The second-order valence-electron chi connectivity index (χ2n) is 6.56. The standard InChI is InChI=1S/C13H22N4O7S.Na/c18-12(16(20)7-9-3-1-2-6-14-9)11-5-4-10-8-15(11)13(19)17(10)24-25(21,22)23;/h9-11,14,20H,1-8H2,(H,21,22,23);/q;+1/p-1/t9-,10+,11-;/m0./s1. The van der Waals surface area contributed by atoms with Gasteiger partial charge in [0.15, 0.2) is 0 Å². The molecular weight excluding hydrogens is 379 g/mol. The van der Waals surface area contributed by atoms with Crippen LogP contribution in [-0.2, 0) is 19.5 Å². The molecule has 0 saturated carbocycles. The molecule has 3 amide bonds. The fraction of sp³-hybridized carbons (Fsp3) is 0.846. The number of piperidine rings is 2. The average Bonchev–Trinajstić information content (AvgIpc) is 2.79. The van der Waals surface area contributed by atoms with Gasteiger partial charge in [-0.2, -0.15) is 9.35 Å². The molecule has 3 fully saturated rings. The Kier molecular flexibility index (Phi) is 7.30. The van der Waals surface area contributed by atoms with E-state index in [-0.39, 0.29) is 55.1 Å². The maximum atomic E-state index is 12.5. The Bertz CT molecular complexity index is 642. The van der Waals surface area contributed by atoms with Gasteiger partial charge in [0.25, 0.3) is 5.91 Å². The normalized spacial score (nSPS) is 28.7.